The molecule has 3 atom stereocenters. The Hall–Kier alpha value is -1.35. The number of fused-ring (bicyclic) bond motifs is 2. The van der Waals surface area contributed by atoms with E-state index in [1.165, 1.54) is 12.8 Å². The number of nitrogens with zero attached hydrogens (tertiary/aromatic N) is 1. The Morgan fingerprint density at radius 3 is 2.20 bits per heavy atom. The van der Waals surface area contributed by atoms with Crippen molar-refractivity contribution in [2.75, 3.05) is 7.05 Å². The Morgan fingerprint density at radius 1 is 1.10 bits per heavy atom. The van der Waals surface area contributed by atoms with E-state index in [1.54, 1.807) is 0 Å². The first-order valence-electron chi connectivity index (χ1n) is 7.54. The van der Waals surface area contributed by atoms with Gasteiger partial charge in [0, 0.05) is 24.9 Å². The summed E-state index contributed by atoms with van der Waals surface area (Å²) in [5.74, 6) is -0.161. The molecule has 20 heavy (non-hydrogen) atoms. The molecule has 0 amide bonds. The van der Waals surface area contributed by atoms with Crippen LogP contribution in [0.1, 0.15) is 47.2 Å². The summed E-state index contributed by atoms with van der Waals surface area (Å²) in [7, 11) is 2.20. The summed E-state index contributed by atoms with van der Waals surface area (Å²) in [5.41, 5.74) is 2.91. The highest BCUT2D eigenvalue weighted by molar-refractivity contribution is 5.90. The molecule has 0 N–H and O–H groups in total. The maximum Gasteiger partial charge on any atom is 0.338 e. The first-order valence-corrected chi connectivity index (χ1v) is 7.54. The van der Waals surface area contributed by atoms with Crippen LogP contribution in [0.3, 0.4) is 0 Å². The standard InChI is InChI=1S/C17H23NO2/c1-11-6-12(2)8-13(7-11)17(19)20-16-9-14-4-5-15(10-16)18(14)3/h6-8,14-16H,4-5,9-10H2,1-3H3/t14-,15+,16+. The van der Waals surface area contributed by atoms with Crippen molar-refractivity contribution in [3.8, 4) is 0 Å². The van der Waals surface area contributed by atoms with Gasteiger partial charge < -0.3 is 9.64 Å². The number of aryl methyl sites for hydroxylation is 2. The molecule has 0 spiro atoms. The number of esters is 1. The highest BCUT2D eigenvalue weighted by atomic mass is 16.5. The molecule has 0 radical (unpaired) electrons. The normalized spacial score (nSPS) is 29.4. The Kier molecular flexibility index (Phi) is 3.55. The van der Waals surface area contributed by atoms with Crippen LogP contribution >= 0.6 is 0 Å². The van der Waals surface area contributed by atoms with Gasteiger partial charge >= 0.3 is 5.97 Å². The molecule has 0 unspecified atom stereocenters. The lowest BCUT2D eigenvalue weighted by atomic mass is 10.0. The Labute approximate surface area is 120 Å². The molecule has 0 aromatic heterocycles. The lowest BCUT2D eigenvalue weighted by Gasteiger charge is -2.35. The average molecular weight is 273 g/mol. The zero-order chi connectivity index (χ0) is 14.3. The molecule has 1 aromatic carbocycles. The molecule has 3 heteroatoms. The van der Waals surface area contributed by atoms with Crippen molar-refractivity contribution >= 4 is 5.97 Å². The van der Waals surface area contributed by atoms with Crippen LogP contribution < -0.4 is 0 Å². The number of benzene rings is 1. The molecule has 2 bridgehead atoms. The highest BCUT2D eigenvalue weighted by Crippen LogP contribution is 2.35. The van der Waals surface area contributed by atoms with E-state index in [4.69, 9.17) is 4.74 Å². The number of carbonyl (C=O) groups excluding carboxylic acids is 1. The zero-order valence-corrected chi connectivity index (χ0v) is 12.6. The molecular formula is C17H23NO2. The van der Waals surface area contributed by atoms with E-state index in [-0.39, 0.29) is 12.1 Å². The molecule has 2 fully saturated rings. The molecule has 3 rings (SSSR count). The molecule has 2 aliphatic heterocycles. The molecule has 1 aromatic rings. The van der Waals surface area contributed by atoms with Gasteiger partial charge in [0.05, 0.1) is 5.56 Å². The van der Waals surface area contributed by atoms with Crippen molar-refractivity contribution in [1.29, 1.82) is 0 Å². The van der Waals surface area contributed by atoms with Gasteiger partial charge in [-0.05, 0) is 45.9 Å². The van der Waals surface area contributed by atoms with Gasteiger partial charge in [0.25, 0.3) is 0 Å². The molecule has 2 saturated heterocycles. The monoisotopic (exact) mass is 273 g/mol. The van der Waals surface area contributed by atoms with E-state index in [9.17, 15) is 4.79 Å². The van der Waals surface area contributed by atoms with E-state index < -0.39 is 0 Å². The second-order valence-corrected chi connectivity index (χ2v) is 6.43. The molecule has 108 valence electrons. The summed E-state index contributed by atoms with van der Waals surface area (Å²) in [6, 6.07) is 7.11. The summed E-state index contributed by atoms with van der Waals surface area (Å²) in [4.78, 5) is 14.8. The van der Waals surface area contributed by atoms with Gasteiger partial charge in [-0.25, -0.2) is 4.79 Å². The van der Waals surface area contributed by atoms with Gasteiger partial charge in [-0.15, -0.1) is 0 Å². The predicted octanol–water partition coefficient (Wildman–Crippen LogP) is 3.09. The van der Waals surface area contributed by atoms with E-state index in [0.717, 1.165) is 24.0 Å². The minimum atomic E-state index is -0.161. The van der Waals surface area contributed by atoms with Crippen molar-refractivity contribution in [2.24, 2.45) is 0 Å². The van der Waals surface area contributed by atoms with Crippen LogP contribution in [-0.4, -0.2) is 36.1 Å². The molecule has 0 aliphatic carbocycles. The lowest BCUT2D eigenvalue weighted by Crippen LogP contribution is -2.43. The Bertz CT molecular complexity index is 491. The number of hydrogen-bond donors (Lipinski definition) is 0. The number of hydrogen-bond acceptors (Lipinski definition) is 3. The third-order valence-electron chi connectivity index (χ3n) is 4.79. The quantitative estimate of drug-likeness (QED) is 0.776. The van der Waals surface area contributed by atoms with Crippen LogP contribution in [-0.2, 0) is 4.74 Å². The van der Waals surface area contributed by atoms with Gasteiger partial charge in [0.15, 0.2) is 0 Å². The summed E-state index contributed by atoms with van der Waals surface area (Å²) < 4.78 is 5.75. The molecule has 2 aliphatic rings. The van der Waals surface area contributed by atoms with E-state index in [1.807, 2.05) is 26.0 Å². The van der Waals surface area contributed by atoms with Crippen molar-refractivity contribution < 1.29 is 9.53 Å². The topological polar surface area (TPSA) is 29.5 Å². The molecule has 2 heterocycles. The van der Waals surface area contributed by atoms with Gasteiger partial charge in [-0.1, -0.05) is 17.2 Å². The fraction of sp³-hybridized carbons (Fsp3) is 0.588. The first-order chi connectivity index (χ1) is 9.52. The minimum absolute atomic E-state index is 0.0945. The van der Waals surface area contributed by atoms with Gasteiger partial charge in [0.1, 0.15) is 6.10 Å². The van der Waals surface area contributed by atoms with Crippen LogP contribution in [0.5, 0.6) is 0 Å². The lowest BCUT2D eigenvalue weighted by molar-refractivity contribution is -0.000465. The molecule has 3 nitrogen and oxygen atoms in total. The fourth-order valence-electron chi connectivity index (χ4n) is 3.77. The predicted molar refractivity (Wildman–Crippen MR) is 78.9 cm³/mol. The SMILES string of the molecule is Cc1cc(C)cc(C(=O)O[C@H]2C[C@H]3CC[C@@H](C2)N3C)c1. The minimum Gasteiger partial charge on any atom is -0.459 e. The third-order valence-corrected chi connectivity index (χ3v) is 4.79. The van der Waals surface area contributed by atoms with Crippen molar-refractivity contribution in [3.05, 3.63) is 34.9 Å². The Balaban J connectivity index is 1.67. The highest BCUT2D eigenvalue weighted by Gasteiger charge is 2.39. The fourth-order valence-corrected chi connectivity index (χ4v) is 3.77. The summed E-state index contributed by atoms with van der Waals surface area (Å²) in [6.45, 7) is 4.03. The average Bonchev–Trinajstić information content (AvgIpc) is 2.61. The Morgan fingerprint density at radius 2 is 1.65 bits per heavy atom. The number of carbonyl (C=O) groups is 1. The van der Waals surface area contributed by atoms with Crippen molar-refractivity contribution in [3.63, 3.8) is 0 Å². The van der Waals surface area contributed by atoms with Crippen molar-refractivity contribution in [1.82, 2.24) is 4.90 Å². The van der Waals surface area contributed by atoms with Crippen LogP contribution in [0.15, 0.2) is 18.2 Å². The first kappa shape index (κ1) is 13.6. The largest absolute Gasteiger partial charge is 0.459 e. The van der Waals surface area contributed by atoms with E-state index >= 15 is 0 Å². The van der Waals surface area contributed by atoms with Crippen LogP contribution in [0.2, 0.25) is 0 Å². The summed E-state index contributed by atoms with van der Waals surface area (Å²) in [6.07, 6.45) is 4.57. The van der Waals surface area contributed by atoms with E-state index in [2.05, 4.69) is 18.0 Å². The summed E-state index contributed by atoms with van der Waals surface area (Å²) in [5, 5.41) is 0. The maximum absolute atomic E-state index is 12.3. The second-order valence-electron chi connectivity index (χ2n) is 6.43. The number of rotatable bonds is 2. The smallest absolute Gasteiger partial charge is 0.338 e. The molecular weight excluding hydrogens is 250 g/mol. The van der Waals surface area contributed by atoms with E-state index in [0.29, 0.717) is 17.6 Å². The summed E-state index contributed by atoms with van der Waals surface area (Å²) >= 11 is 0. The van der Waals surface area contributed by atoms with Crippen LogP contribution in [0, 0.1) is 13.8 Å². The number of ether oxygens (including phenoxy) is 1. The number of piperidine rings is 1. The zero-order valence-electron chi connectivity index (χ0n) is 12.6. The van der Waals surface area contributed by atoms with Crippen LogP contribution in [0.25, 0.3) is 0 Å². The van der Waals surface area contributed by atoms with Crippen LogP contribution in [0.4, 0.5) is 0 Å². The van der Waals surface area contributed by atoms with Crippen molar-refractivity contribution in [2.45, 2.75) is 57.7 Å². The third kappa shape index (κ3) is 2.59. The maximum atomic E-state index is 12.3. The van der Waals surface area contributed by atoms with Gasteiger partial charge in [-0.2, -0.15) is 0 Å². The van der Waals surface area contributed by atoms with Gasteiger partial charge in [0.2, 0.25) is 0 Å². The molecule has 0 saturated carbocycles. The van der Waals surface area contributed by atoms with Gasteiger partial charge in [-0.3, -0.25) is 0 Å². The second kappa shape index (κ2) is 5.21.